The second-order valence-corrected chi connectivity index (χ2v) is 5.47. The molecule has 1 aromatic rings. The molecule has 0 bridgehead atoms. The van der Waals surface area contributed by atoms with Gasteiger partial charge in [0.25, 0.3) is 0 Å². The van der Waals surface area contributed by atoms with Crippen molar-refractivity contribution >= 4 is 17.5 Å². The smallest absolute Gasteiger partial charge is 0.224 e. The van der Waals surface area contributed by atoms with Crippen LogP contribution in [0.15, 0.2) is 18.2 Å². The highest BCUT2D eigenvalue weighted by Gasteiger charge is 2.18. The van der Waals surface area contributed by atoms with Crippen molar-refractivity contribution < 1.29 is 9.18 Å². The van der Waals surface area contributed by atoms with Gasteiger partial charge < -0.3 is 10.6 Å². The minimum absolute atomic E-state index is 0.111. The number of hydrogen-bond acceptors (Lipinski definition) is 2. The summed E-state index contributed by atoms with van der Waals surface area (Å²) in [5, 5.41) is 0.327. The van der Waals surface area contributed by atoms with Gasteiger partial charge in [0.05, 0.1) is 0 Å². The zero-order valence-corrected chi connectivity index (χ0v) is 12.2. The van der Waals surface area contributed by atoms with E-state index in [2.05, 4.69) is 0 Å². The van der Waals surface area contributed by atoms with Gasteiger partial charge in [0, 0.05) is 36.6 Å². The Morgan fingerprint density at radius 1 is 1.47 bits per heavy atom. The average Bonchev–Trinajstić information content (AvgIpc) is 2.33. The summed E-state index contributed by atoms with van der Waals surface area (Å²) >= 11 is 5.93. The molecule has 0 saturated heterocycles. The van der Waals surface area contributed by atoms with Gasteiger partial charge in [0.15, 0.2) is 0 Å². The van der Waals surface area contributed by atoms with Crippen molar-refractivity contribution in [3.8, 4) is 0 Å². The number of halogens is 2. The van der Waals surface area contributed by atoms with E-state index in [1.54, 1.807) is 13.1 Å². The summed E-state index contributed by atoms with van der Waals surface area (Å²) in [5.74, 6) is -0.282. The summed E-state index contributed by atoms with van der Waals surface area (Å²) in [6.45, 7) is 4.08. The summed E-state index contributed by atoms with van der Waals surface area (Å²) in [4.78, 5) is 13.4. The second kappa shape index (κ2) is 6.87. The Morgan fingerprint density at radius 3 is 2.63 bits per heavy atom. The zero-order chi connectivity index (χ0) is 14.6. The normalized spacial score (nSPS) is 12.6. The Hall–Kier alpha value is -1.13. The van der Waals surface area contributed by atoms with Gasteiger partial charge >= 0.3 is 0 Å². The first kappa shape index (κ1) is 15.9. The Morgan fingerprint density at radius 2 is 2.11 bits per heavy atom. The van der Waals surface area contributed by atoms with Crippen LogP contribution in [0.5, 0.6) is 0 Å². The lowest BCUT2D eigenvalue weighted by molar-refractivity contribution is -0.131. The fourth-order valence-electron chi connectivity index (χ4n) is 1.60. The Balaban J connectivity index is 2.69. The van der Waals surface area contributed by atoms with Crippen molar-refractivity contribution in [3.63, 3.8) is 0 Å². The standard InChI is InChI=1S/C14H20ClFN2O/c1-9(2)13(17)7-14(19)18(3)8-10-11(15)5-4-6-12(10)16/h4-6,9,13H,7-8,17H2,1-3H3. The van der Waals surface area contributed by atoms with Gasteiger partial charge in [0.2, 0.25) is 5.91 Å². The molecule has 19 heavy (non-hydrogen) atoms. The van der Waals surface area contributed by atoms with Crippen LogP contribution in [0.2, 0.25) is 5.02 Å². The van der Waals surface area contributed by atoms with Crippen molar-refractivity contribution in [2.45, 2.75) is 32.9 Å². The number of nitrogens with two attached hydrogens (primary N) is 1. The molecule has 0 fully saturated rings. The molecule has 0 aromatic heterocycles. The molecule has 1 aromatic carbocycles. The van der Waals surface area contributed by atoms with Gasteiger partial charge in [-0.3, -0.25) is 4.79 Å². The molecule has 3 nitrogen and oxygen atoms in total. The molecule has 0 spiro atoms. The largest absolute Gasteiger partial charge is 0.341 e. The number of rotatable bonds is 5. The van der Waals surface area contributed by atoms with E-state index in [0.717, 1.165) is 0 Å². The summed E-state index contributed by atoms with van der Waals surface area (Å²) in [7, 11) is 1.62. The molecule has 2 N–H and O–H groups in total. The molecule has 1 amide bonds. The van der Waals surface area contributed by atoms with E-state index < -0.39 is 5.82 Å². The molecular weight excluding hydrogens is 267 g/mol. The van der Waals surface area contributed by atoms with Crippen LogP contribution in [-0.2, 0) is 11.3 Å². The number of benzene rings is 1. The second-order valence-electron chi connectivity index (χ2n) is 5.06. The molecule has 5 heteroatoms. The van der Waals surface area contributed by atoms with E-state index in [0.29, 0.717) is 10.6 Å². The number of carbonyl (C=O) groups excluding carboxylic acids is 1. The highest BCUT2D eigenvalue weighted by molar-refractivity contribution is 6.31. The van der Waals surface area contributed by atoms with Gasteiger partial charge in [-0.1, -0.05) is 31.5 Å². The summed E-state index contributed by atoms with van der Waals surface area (Å²) in [6, 6.07) is 4.29. The Labute approximate surface area is 118 Å². The molecule has 1 atom stereocenters. The molecule has 106 valence electrons. The summed E-state index contributed by atoms with van der Waals surface area (Å²) < 4.78 is 13.6. The van der Waals surface area contributed by atoms with Crippen LogP contribution in [0.1, 0.15) is 25.8 Å². The van der Waals surface area contributed by atoms with Crippen LogP contribution < -0.4 is 5.73 Å². The van der Waals surface area contributed by atoms with Crippen molar-refractivity contribution in [1.82, 2.24) is 4.90 Å². The van der Waals surface area contributed by atoms with Crippen LogP contribution in [0.25, 0.3) is 0 Å². The van der Waals surface area contributed by atoms with Crippen molar-refractivity contribution in [3.05, 3.63) is 34.6 Å². The number of hydrogen-bond donors (Lipinski definition) is 1. The molecular formula is C14H20ClFN2O. The maximum absolute atomic E-state index is 13.6. The van der Waals surface area contributed by atoms with E-state index in [9.17, 15) is 9.18 Å². The Kier molecular flexibility index (Phi) is 5.76. The zero-order valence-electron chi connectivity index (χ0n) is 11.5. The summed E-state index contributed by atoms with van der Waals surface area (Å²) in [6.07, 6.45) is 0.250. The predicted octanol–water partition coefficient (Wildman–Crippen LogP) is 2.81. The van der Waals surface area contributed by atoms with E-state index >= 15 is 0 Å². The van der Waals surface area contributed by atoms with Gasteiger partial charge in [0.1, 0.15) is 5.82 Å². The lowest BCUT2D eigenvalue weighted by Gasteiger charge is -2.22. The maximum Gasteiger partial charge on any atom is 0.224 e. The summed E-state index contributed by atoms with van der Waals surface area (Å²) in [5.41, 5.74) is 6.19. The number of amides is 1. The fraction of sp³-hybridized carbons (Fsp3) is 0.500. The van der Waals surface area contributed by atoms with Crippen molar-refractivity contribution in [2.24, 2.45) is 11.7 Å². The molecule has 0 radical (unpaired) electrons. The monoisotopic (exact) mass is 286 g/mol. The Bertz CT molecular complexity index is 431. The van der Waals surface area contributed by atoms with Crippen LogP contribution in [-0.4, -0.2) is 23.9 Å². The van der Waals surface area contributed by atoms with E-state index in [1.165, 1.54) is 17.0 Å². The van der Waals surface area contributed by atoms with Gasteiger partial charge in [-0.2, -0.15) is 0 Å². The molecule has 0 aliphatic rings. The molecule has 0 aliphatic heterocycles. The highest BCUT2D eigenvalue weighted by Crippen LogP contribution is 2.20. The third-order valence-corrected chi connectivity index (χ3v) is 3.50. The topological polar surface area (TPSA) is 46.3 Å². The number of carbonyl (C=O) groups is 1. The lowest BCUT2D eigenvalue weighted by Crippen LogP contribution is -2.35. The van der Waals surface area contributed by atoms with Gasteiger partial charge in [-0.15, -0.1) is 0 Å². The first-order valence-corrected chi connectivity index (χ1v) is 6.63. The molecule has 1 unspecified atom stereocenters. The van der Waals surface area contributed by atoms with E-state index in [-0.39, 0.29) is 30.8 Å². The SMILES string of the molecule is CC(C)C(N)CC(=O)N(C)Cc1c(F)cccc1Cl. The quantitative estimate of drug-likeness (QED) is 0.905. The minimum atomic E-state index is -0.402. The highest BCUT2D eigenvalue weighted by atomic mass is 35.5. The molecule has 0 heterocycles. The molecule has 0 saturated carbocycles. The van der Waals surface area contributed by atoms with E-state index in [1.807, 2.05) is 13.8 Å². The minimum Gasteiger partial charge on any atom is -0.341 e. The van der Waals surface area contributed by atoms with Gasteiger partial charge in [-0.05, 0) is 18.1 Å². The van der Waals surface area contributed by atoms with Crippen molar-refractivity contribution in [1.29, 1.82) is 0 Å². The lowest BCUT2D eigenvalue weighted by atomic mass is 10.0. The third kappa shape index (κ3) is 4.48. The average molecular weight is 287 g/mol. The van der Waals surface area contributed by atoms with Crippen LogP contribution in [0.3, 0.4) is 0 Å². The number of nitrogens with zero attached hydrogens (tertiary/aromatic N) is 1. The van der Waals surface area contributed by atoms with Crippen molar-refractivity contribution in [2.75, 3.05) is 7.05 Å². The first-order valence-electron chi connectivity index (χ1n) is 6.25. The molecule has 0 aliphatic carbocycles. The first-order chi connectivity index (χ1) is 8.82. The van der Waals surface area contributed by atoms with Crippen LogP contribution >= 0.6 is 11.6 Å². The fourth-order valence-corrected chi connectivity index (χ4v) is 1.82. The predicted molar refractivity (Wildman–Crippen MR) is 75.3 cm³/mol. The third-order valence-electron chi connectivity index (χ3n) is 3.15. The van der Waals surface area contributed by atoms with Crippen LogP contribution in [0.4, 0.5) is 4.39 Å². The molecule has 1 rings (SSSR count). The maximum atomic E-state index is 13.6. The van der Waals surface area contributed by atoms with Gasteiger partial charge in [-0.25, -0.2) is 4.39 Å². The van der Waals surface area contributed by atoms with Crippen LogP contribution in [0, 0.1) is 11.7 Å². The van der Waals surface area contributed by atoms with E-state index in [4.69, 9.17) is 17.3 Å².